The third kappa shape index (κ3) is 5.42. The van der Waals surface area contributed by atoms with Crippen molar-refractivity contribution >= 4 is 23.7 Å². The first-order valence-corrected chi connectivity index (χ1v) is 7.73. The highest BCUT2D eigenvalue weighted by Crippen LogP contribution is 2.32. The molecule has 1 aromatic rings. The highest BCUT2D eigenvalue weighted by Gasteiger charge is 2.29. The summed E-state index contributed by atoms with van der Waals surface area (Å²) in [4.78, 5) is 23.2. The number of alkyl carbamates (subject to hydrolysis) is 1. The minimum absolute atomic E-state index is 0.0282. The molecule has 0 bridgehead atoms. The molecule has 1 heterocycles. The number of aliphatic carboxylic acids is 1. The highest BCUT2D eigenvalue weighted by atomic mass is 35.5. The molecular weight excluding hydrogens is 322 g/mol. The number of carboxylic acid groups (broad SMARTS) is 1. The van der Waals surface area contributed by atoms with Crippen molar-refractivity contribution in [1.29, 1.82) is 0 Å². The van der Waals surface area contributed by atoms with E-state index in [-0.39, 0.29) is 12.3 Å². The third-order valence-electron chi connectivity index (χ3n) is 3.01. The summed E-state index contributed by atoms with van der Waals surface area (Å²) in [6.45, 7) is 9.04. The molecule has 0 fully saturated rings. The monoisotopic (exact) mass is 345 g/mol. The Balaban J connectivity index is 3.17. The van der Waals surface area contributed by atoms with Gasteiger partial charge >= 0.3 is 12.1 Å². The molecule has 7 nitrogen and oxygen atoms in total. The maximum atomic E-state index is 12.0. The Morgan fingerprint density at radius 2 is 1.96 bits per heavy atom. The summed E-state index contributed by atoms with van der Waals surface area (Å²) in [5.74, 6) is -1.03. The summed E-state index contributed by atoms with van der Waals surface area (Å²) < 4.78 is 6.68. The number of aryl methyl sites for hydroxylation is 1. The van der Waals surface area contributed by atoms with Gasteiger partial charge in [0.2, 0.25) is 0 Å². The molecule has 23 heavy (non-hydrogen) atoms. The van der Waals surface area contributed by atoms with Gasteiger partial charge in [0.1, 0.15) is 10.8 Å². The first-order valence-electron chi connectivity index (χ1n) is 7.36. The van der Waals surface area contributed by atoms with Crippen LogP contribution < -0.4 is 5.32 Å². The molecule has 0 radical (unpaired) electrons. The number of carbonyl (C=O) groups excluding carboxylic acids is 1. The molecule has 0 aliphatic carbocycles. The Morgan fingerprint density at radius 3 is 2.39 bits per heavy atom. The number of amides is 1. The molecule has 1 rings (SSSR count). The quantitative estimate of drug-likeness (QED) is 0.854. The predicted octanol–water partition coefficient (Wildman–Crippen LogP) is 3.24. The summed E-state index contributed by atoms with van der Waals surface area (Å²) in [5, 5.41) is 16.4. The van der Waals surface area contributed by atoms with Crippen molar-refractivity contribution in [3.63, 3.8) is 0 Å². The van der Waals surface area contributed by atoms with Gasteiger partial charge in [-0.05, 0) is 26.7 Å². The highest BCUT2D eigenvalue weighted by molar-refractivity contribution is 6.30. The Kier molecular flexibility index (Phi) is 6.04. The second-order valence-electron chi connectivity index (χ2n) is 6.66. The fraction of sp³-hybridized carbons (Fsp3) is 0.667. The average Bonchev–Trinajstić information content (AvgIpc) is 2.62. The first kappa shape index (κ1) is 19.3. The van der Waals surface area contributed by atoms with Gasteiger partial charge in [-0.3, -0.25) is 9.48 Å². The summed E-state index contributed by atoms with van der Waals surface area (Å²) >= 11 is 6.27. The molecule has 0 unspecified atom stereocenters. The minimum atomic E-state index is -1.05. The molecule has 0 spiro atoms. The number of nitrogens with zero attached hydrogens (tertiary/aromatic N) is 2. The Hall–Kier alpha value is -1.76. The van der Waals surface area contributed by atoms with E-state index in [1.165, 1.54) is 4.68 Å². The van der Waals surface area contributed by atoms with E-state index in [1.807, 2.05) is 13.8 Å². The van der Waals surface area contributed by atoms with Gasteiger partial charge in [0.05, 0.1) is 18.2 Å². The van der Waals surface area contributed by atoms with Crippen molar-refractivity contribution in [2.45, 2.75) is 58.6 Å². The SMILES string of the molecule is CC(C)c1nn(C)c(Cl)c1[C@H](CC(=O)O)NC(=O)OC(C)(C)C. The van der Waals surface area contributed by atoms with Crippen LogP contribution in [0.4, 0.5) is 4.79 Å². The minimum Gasteiger partial charge on any atom is -0.481 e. The van der Waals surface area contributed by atoms with E-state index in [2.05, 4.69) is 10.4 Å². The zero-order chi connectivity index (χ0) is 17.9. The van der Waals surface area contributed by atoms with E-state index in [0.29, 0.717) is 16.4 Å². The normalized spacial score (nSPS) is 13.0. The second-order valence-corrected chi connectivity index (χ2v) is 7.02. The van der Waals surface area contributed by atoms with Crippen molar-refractivity contribution in [3.05, 3.63) is 16.4 Å². The van der Waals surface area contributed by atoms with Gasteiger partial charge in [-0.2, -0.15) is 5.10 Å². The van der Waals surface area contributed by atoms with E-state index in [9.17, 15) is 9.59 Å². The Morgan fingerprint density at radius 1 is 1.39 bits per heavy atom. The molecule has 1 aromatic heterocycles. The maximum Gasteiger partial charge on any atom is 0.408 e. The number of rotatable bonds is 5. The number of carbonyl (C=O) groups is 2. The van der Waals surface area contributed by atoms with Gasteiger partial charge in [-0.15, -0.1) is 0 Å². The van der Waals surface area contributed by atoms with Crippen LogP contribution in [-0.4, -0.2) is 32.6 Å². The van der Waals surface area contributed by atoms with Gasteiger partial charge < -0.3 is 15.2 Å². The average molecular weight is 346 g/mol. The fourth-order valence-electron chi connectivity index (χ4n) is 2.14. The lowest BCUT2D eigenvalue weighted by atomic mass is 9.98. The van der Waals surface area contributed by atoms with Crippen LogP contribution >= 0.6 is 11.6 Å². The van der Waals surface area contributed by atoms with Gasteiger partial charge in [0, 0.05) is 12.6 Å². The summed E-state index contributed by atoms with van der Waals surface area (Å²) in [6, 6.07) is -0.819. The number of carboxylic acids is 1. The molecule has 2 N–H and O–H groups in total. The van der Waals surface area contributed by atoms with Crippen molar-refractivity contribution in [3.8, 4) is 0 Å². The number of hydrogen-bond donors (Lipinski definition) is 2. The topological polar surface area (TPSA) is 93.5 Å². The molecular formula is C15H24ClN3O4. The van der Waals surface area contributed by atoms with Crippen LogP contribution in [0.3, 0.4) is 0 Å². The summed E-state index contributed by atoms with van der Waals surface area (Å²) in [6.07, 6.45) is -1.01. The second kappa shape index (κ2) is 7.21. The van der Waals surface area contributed by atoms with Crippen LogP contribution in [0, 0.1) is 0 Å². The van der Waals surface area contributed by atoms with Crippen LogP contribution in [-0.2, 0) is 16.6 Å². The molecule has 0 aromatic carbocycles. The Bertz CT molecular complexity index is 590. The zero-order valence-electron chi connectivity index (χ0n) is 14.3. The van der Waals surface area contributed by atoms with Crippen LogP contribution in [0.25, 0.3) is 0 Å². The van der Waals surface area contributed by atoms with Gasteiger partial charge in [-0.1, -0.05) is 25.4 Å². The van der Waals surface area contributed by atoms with Crippen molar-refractivity contribution in [1.82, 2.24) is 15.1 Å². The molecule has 0 saturated heterocycles. The zero-order valence-corrected chi connectivity index (χ0v) is 15.1. The van der Waals surface area contributed by atoms with Crippen LogP contribution in [0.5, 0.6) is 0 Å². The van der Waals surface area contributed by atoms with Gasteiger partial charge in [-0.25, -0.2) is 4.79 Å². The largest absolute Gasteiger partial charge is 0.481 e. The van der Waals surface area contributed by atoms with E-state index in [4.69, 9.17) is 21.4 Å². The molecule has 8 heteroatoms. The van der Waals surface area contributed by atoms with Crippen molar-refractivity contribution < 1.29 is 19.4 Å². The van der Waals surface area contributed by atoms with Crippen LogP contribution in [0.2, 0.25) is 5.15 Å². The molecule has 130 valence electrons. The lowest BCUT2D eigenvalue weighted by Gasteiger charge is -2.23. The van der Waals surface area contributed by atoms with E-state index < -0.39 is 23.7 Å². The molecule has 1 amide bonds. The number of aromatic nitrogens is 2. The lowest BCUT2D eigenvalue weighted by molar-refractivity contribution is -0.137. The van der Waals surface area contributed by atoms with Crippen molar-refractivity contribution in [2.75, 3.05) is 0 Å². The van der Waals surface area contributed by atoms with Crippen molar-refractivity contribution in [2.24, 2.45) is 7.05 Å². The summed E-state index contributed by atoms with van der Waals surface area (Å²) in [5.41, 5.74) is 0.481. The van der Waals surface area contributed by atoms with Crippen LogP contribution in [0.1, 0.15) is 64.3 Å². The van der Waals surface area contributed by atoms with E-state index >= 15 is 0 Å². The Labute approximate surface area is 141 Å². The first-order chi connectivity index (χ1) is 10.4. The van der Waals surface area contributed by atoms with E-state index in [0.717, 1.165) is 0 Å². The predicted molar refractivity (Wildman–Crippen MR) is 86.7 cm³/mol. The third-order valence-corrected chi connectivity index (χ3v) is 3.45. The molecule has 0 saturated carbocycles. The number of nitrogens with one attached hydrogen (secondary N) is 1. The van der Waals surface area contributed by atoms with Crippen LogP contribution in [0.15, 0.2) is 0 Å². The standard InChI is InChI=1S/C15H24ClN3O4/c1-8(2)12-11(13(16)19(6)18-12)9(7-10(20)21)17-14(22)23-15(3,4)5/h8-9H,7H2,1-6H3,(H,17,22)(H,20,21)/t9-/m0/s1. The van der Waals surface area contributed by atoms with Gasteiger partial charge in [0.15, 0.2) is 0 Å². The smallest absolute Gasteiger partial charge is 0.408 e. The molecule has 0 aliphatic rings. The molecule has 0 aliphatic heterocycles. The maximum absolute atomic E-state index is 12.0. The van der Waals surface area contributed by atoms with E-state index in [1.54, 1.807) is 27.8 Å². The number of ether oxygens (including phenoxy) is 1. The number of hydrogen-bond acceptors (Lipinski definition) is 4. The van der Waals surface area contributed by atoms with Gasteiger partial charge in [0.25, 0.3) is 0 Å². The number of halogens is 1. The molecule has 1 atom stereocenters. The lowest BCUT2D eigenvalue weighted by Crippen LogP contribution is -2.36. The summed E-state index contributed by atoms with van der Waals surface area (Å²) in [7, 11) is 1.67. The fourth-order valence-corrected chi connectivity index (χ4v) is 2.40.